The topological polar surface area (TPSA) is 87.3 Å². The SMILES string of the molecule is O=C(NCCc1c[nH]c2ccccc12)C1C2C(=O)N(Cc3ccncc3)C[C@@]23C=C[C@@H]1O3. The molecule has 0 aliphatic carbocycles. The molecule has 2 fully saturated rings. The number of hydrogen-bond acceptors (Lipinski definition) is 4. The van der Waals surface area contributed by atoms with E-state index in [1.165, 1.54) is 10.9 Å². The molecule has 0 saturated carbocycles. The summed E-state index contributed by atoms with van der Waals surface area (Å²) < 4.78 is 6.21. The lowest BCUT2D eigenvalue weighted by Crippen LogP contribution is -2.44. The number of carbonyl (C=O) groups is 2. The third-order valence-corrected chi connectivity index (χ3v) is 6.97. The molecule has 5 heterocycles. The third-order valence-electron chi connectivity index (χ3n) is 6.97. The summed E-state index contributed by atoms with van der Waals surface area (Å²) in [5.41, 5.74) is 2.59. The predicted octanol–water partition coefficient (Wildman–Crippen LogP) is 2.20. The number of rotatable bonds is 6. The molecule has 162 valence electrons. The zero-order valence-electron chi connectivity index (χ0n) is 17.5. The third kappa shape index (κ3) is 2.96. The van der Waals surface area contributed by atoms with Gasteiger partial charge in [-0.3, -0.25) is 14.6 Å². The Labute approximate surface area is 185 Å². The van der Waals surface area contributed by atoms with Crippen LogP contribution >= 0.6 is 0 Å². The van der Waals surface area contributed by atoms with Gasteiger partial charge in [0.2, 0.25) is 11.8 Å². The van der Waals surface area contributed by atoms with Crippen LogP contribution in [0.4, 0.5) is 0 Å². The van der Waals surface area contributed by atoms with Crippen LogP contribution in [0.1, 0.15) is 11.1 Å². The molecule has 1 spiro atoms. The van der Waals surface area contributed by atoms with E-state index in [-0.39, 0.29) is 17.9 Å². The lowest BCUT2D eigenvalue weighted by atomic mass is 9.77. The van der Waals surface area contributed by atoms with Gasteiger partial charge < -0.3 is 19.9 Å². The minimum Gasteiger partial charge on any atom is -0.361 e. The van der Waals surface area contributed by atoms with E-state index in [1.807, 2.05) is 48.7 Å². The molecule has 2 saturated heterocycles. The van der Waals surface area contributed by atoms with Gasteiger partial charge in [-0.2, -0.15) is 0 Å². The monoisotopic (exact) mass is 428 g/mol. The molecule has 0 radical (unpaired) electrons. The number of ether oxygens (including phenoxy) is 1. The Hall–Kier alpha value is -3.45. The molecule has 3 aromatic rings. The van der Waals surface area contributed by atoms with Crippen molar-refractivity contribution >= 4 is 22.7 Å². The molecule has 2 aromatic heterocycles. The van der Waals surface area contributed by atoms with Gasteiger partial charge in [0, 0.05) is 42.6 Å². The van der Waals surface area contributed by atoms with Gasteiger partial charge >= 0.3 is 0 Å². The quantitative estimate of drug-likeness (QED) is 0.590. The van der Waals surface area contributed by atoms with Crippen LogP contribution in [0, 0.1) is 11.8 Å². The van der Waals surface area contributed by atoms with E-state index in [9.17, 15) is 9.59 Å². The van der Waals surface area contributed by atoms with Crippen molar-refractivity contribution < 1.29 is 14.3 Å². The van der Waals surface area contributed by atoms with Crippen molar-refractivity contribution in [1.82, 2.24) is 20.2 Å². The Balaban J connectivity index is 1.15. The fraction of sp³-hybridized carbons (Fsp3) is 0.320. The number of H-pyrrole nitrogens is 1. The Morgan fingerprint density at radius 3 is 2.97 bits per heavy atom. The number of fused-ring (bicyclic) bond motifs is 2. The number of aromatic nitrogens is 2. The van der Waals surface area contributed by atoms with Crippen molar-refractivity contribution in [3.8, 4) is 0 Å². The second-order valence-corrected chi connectivity index (χ2v) is 8.85. The highest BCUT2D eigenvalue weighted by Gasteiger charge is 2.66. The van der Waals surface area contributed by atoms with Crippen molar-refractivity contribution in [2.75, 3.05) is 13.1 Å². The highest BCUT2D eigenvalue weighted by molar-refractivity contribution is 5.93. The highest BCUT2D eigenvalue weighted by Crippen LogP contribution is 2.52. The minimum absolute atomic E-state index is 0.00885. The summed E-state index contributed by atoms with van der Waals surface area (Å²) in [6.45, 7) is 1.49. The Morgan fingerprint density at radius 2 is 2.09 bits per heavy atom. The first kappa shape index (κ1) is 19.3. The van der Waals surface area contributed by atoms with Crippen LogP contribution in [0.25, 0.3) is 10.9 Å². The number of hydrogen-bond donors (Lipinski definition) is 2. The zero-order valence-corrected chi connectivity index (χ0v) is 17.5. The van der Waals surface area contributed by atoms with Gasteiger partial charge in [-0.05, 0) is 35.7 Å². The van der Waals surface area contributed by atoms with E-state index in [4.69, 9.17) is 4.74 Å². The largest absolute Gasteiger partial charge is 0.361 e. The van der Waals surface area contributed by atoms with Gasteiger partial charge in [-0.25, -0.2) is 0 Å². The number of pyridine rings is 1. The molecule has 1 aromatic carbocycles. The van der Waals surface area contributed by atoms with Gasteiger partial charge in [-0.15, -0.1) is 0 Å². The fourth-order valence-corrected chi connectivity index (χ4v) is 5.50. The standard InChI is InChI=1S/C25H24N4O3/c30-23(27-12-8-17-13-28-19-4-2-1-3-18(17)19)21-20-5-9-25(32-20)15-29(24(31)22(21)25)14-16-6-10-26-11-7-16/h1-7,9-11,13,20-22,28H,8,12,14-15H2,(H,27,30)/t20-,21?,22?,25-/m0/s1. The molecule has 2 N–H and O–H groups in total. The number of aromatic amines is 1. The highest BCUT2D eigenvalue weighted by atomic mass is 16.5. The second kappa shape index (κ2) is 7.31. The Morgan fingerprint density at radius 1 is 1.25 bits per heavy atom. The molecular formula is C25H24N4O3. The predicted molar refractivity (Wildman–Crippen MR) is 118 cm³/mol. The molecule has 6 rings (SSSR count). The molecule has 7 heteroatoms. The maximum Gasteiger partial charge on any atom is 0.230 e. The molecule has 7 nitrogen and oxygen atoms in total. The zero-order chi connectivity index (χ0) is 21.7. The Kier molecular flexibility index (Phi) is 4.40. The van der Waals surface area contributed by atoms with Crippen molar-refractivity contribution in [2.24, 2.45) is 11.8 Å². The van der Waals surface area contributed by atoms with Crippen molar-refractivity contribution in [1.29, 1.82) is 0 Å². The molecule has 4 atom stereocenters. The number of amides is 2. The number of benzene rings is 1. The minimum atomic E-state index is -0.687. The van der Waals surface area contributed by atoms with Crippen LogP contribution in [0.2, 0.25) is 0 Å². The van der Waals surface area contributed by atoms with Gasteiger partial charge in [0.05, 0.1) is 24.5 Å². The van der Waals surface area contributed by atoms with Crippen LogP contribution in [-0.4, -0.2) is 51.5 Å². The van der Waals surface area contributed by atoms with E-state index in [2.05, 4.69) is 21.4 Å². The smallest absolute Gasteiger partial charge is 0.230 e. The number of para-hydroxylation sites is 1. The lowest BCUT2D eigenvalue weighted by Gasteiger charge is -2.23. The molecule has 2 unspecified atom stereocenters. The first-order chi connectivity index (χ1) is 15.6. The Bertz CT molecular complexity index is 1220. The van der Waals surface area contributed by atoms with Gasteiger partial charge in [0.25, 0.3) is 0 Å². The summed E-state index contributed by atoms with van der Waals surface area (Å²) in [7, 11) is 0. The van der Waals surface area contributed by atoms with E-state index >= 15 is 0 Å². The van der Waals surface area contributed by atoms with Crippen LogP contribution in [0.5, 0.6) is 0 Å². The average molecular weight is 428 g/mol. The number of carbonyl (C=O) groups excluding carboxylic acids is 2. The maximum absolute atomic E-state index is 13.3. The van der Waals surface area contributed by atoms with E-state index < -0.39 is 17.4 Å². The summed E-state index contributed by atoms with van der Waals surface area (Å²) in [4.78, 5) is 35.6. The van der Waals surface area contributed by atoms with Crippen LogP contribution in [0.15, 0.2) is 67.1 Å². The molecule has 2 amide bonds. The fourth-order valence-electron chi connectivity index (χ4n) is 5.50. The molecule has 3 aliphatic rings. The summed E-state index contributed by atoms with van der Waals surface area (Å²) in [5, 5.41) is 4.23. The van der Waals surface area contributed by atoms with E-state index in [0.717, 1.165) is 17.5 Å². The molecular weight excluding hydrogens is 404 g/mol. The van der Waals surface area contributed by atoms with Crippen molar-refractivity contribution in [3.63, 3.8) is 0 Å². The second-order valence-electron chi connectivity index (χ2n) is 8.85. The number of nitrogens with zero attached hydrogens (tertiary/aromatic N) is 2. The van der Waals surface area contributed by atoms with Crippen molar-refractivity contribution in [2.45, 2.75) is 24.7 Å². The molecule has 32 heavy (non-hydrogen) atoms. The van der Waals surface area contributed by atoms with Crippen LogP contribution in [0.3, 0.4) is 0 Å². The summed E-state index contributed by atoms with van der Waals surface area (Å²) in [6.07, 6.45) is 9.77. The molecule has 3 aliphatic heterocycles. The lowest BCUT2D eigenvalue weighted by molar-refractivity contribution is -0.137. The number of likely N-dealkylation sites (tertiary alicyclic amines) is 1. The summed E-state index contributed by atoms with van der Waals surface area (Å²) in [5.74, 6) is -1.07. The van der Waals surface area contributed by atoms with Gasteiger partial charge in [0.15, 0.2) is 0 Å². The van der Waals surface area contributed by atoms with Gasteiger partial charge in [-0.1, -0.05) is 30.4 Å². The average Bonchev–Trinajstić information content (AvgIpc) is 3.55. The number of nitrogens with one attached hydrogen (secondary N) is 2. The molecule has 2 bridgehead atoms. The first-order valence-electron chi connectivity index (χ1n) is 11.0. The normalized spacial score (nSPS) is 27.9. The van der Waals surface area contributed by atoms with Crippen LogP contribution in [-0.2, 0) is 27.3 Å². The van der Waals surface area contributed by atoms with Gasteiger partial charge in [0.1, 0.15) is 5.60 Å². The van der Waals surface area contributed by atoms with E-state index in [0.29, 0.717) is 19.6 Å². The van der Waals surface area contributed by atoms with Crippen LogP contribution < -0.4 is 5.32 Å². The first-order valence-corrected chi connectivity index (χ1v) is 11.0. The maximum atomic E-state index is 13.3. The van der Waals surface area contributed by atoms with Crippen molar-refractivity contribution in [3.05, 3.63) is 78.3 Å². The summed E-state index contributed by atoms with van der Waals surface area (Å²) in [6, 6.07) is 11.9. The van der Waals surface area contributed by atoms with E-state index in [1.54, 1.807) is 17.3 Å². The summed E-state index contributed by atoms with van der Waals surface area (Å²) >= 11 is 0.